The van der Waals surface area contributed by atoms with Crippen LogP contribution in [0.15, 0.2) is 78.9 Å². The predicted molar refractivity (Wildman–Crippen MR) is 143 cm³/mol. The number of nitrogens with zero attached hydrogens (tertiary/aromatic N) is 1. The highest BCUT2D eigenvalue weighted by atomic mass is 19.4. The van der Waals surface area contributed by atoms with Gasteiger partial charge in [0.15, 0.2) is 5.60 Å². The Morgan fingerprint density at radius 3 is 1.98 bits per heavy atom. The fourth-order valence-corrected chi connectivity index (χ4v) is 8.89. The zero-order valence-corrected chi connectivity index (χ0v) is 23.1. The fraction of sp³-hybridized carbons (Fsp3) is 0.455. The van der Waals surface area contributed by atoms with Crippen LogP contribution in [0.1, 0.15) is 54.5 Å². The Labute approximate surface area is 236 Å². The molecule has 2 saturated heterocycles. The summed E-state index contributed by atoms with van der Waals surface area (Å²) in [4.78, 5) is 0. The van der Waals surface area contributed by atoms with Crippen LogP contribution >= 0.6 is 0 Å². The second-order valence-corrected chi connectivity index (χ2v) is 12.5. The third-order valence-corrected chi connectivity index (χ3v) is 10.4. The van der Waals surface area contributed by atoms with Gasteiger partial charge >= 0.3 is 12.4 Å². The van der Waals surface area contributed by atoms with Crippen LogP contribution in [-0.2, 0) is 35.8 Å². The van der Waals surface area contributed by atoms with E-state index < -0.39 is 29.1 Å². The highest BCUT2D eigenvalue weighted by Crippen LogP contribution is 2.68. The Kier molecular flexibility index (Phi) is 6.62. The van der Waals surface area contributed by atoms with Crippen LogP contribution in [0.25, 0.3) is 0 Å². The zero-order chi connectivity index (χ0) is 29.3. The van der Waals surface area contributed by atoms with E-state index in [0.717, 1.165) is 36.1 Å². The van der Waals surface area contributed by atoms with Crippen LogP contribution < -0.4 is 0 Å². The lowest BCUT2D eigenvalue weighted by Crippen LogP contribution is -2.57. The number of alkyl halides is 6. The maximum Gasteiger partial charge on any atom is 0.416 e. The van der Waals surface area contributed by atoms with E-state index in [4.69, 9.17) is 4.74 Å². The van der Waals surface area contributed by atoms with Crippen LogP contribution in [0.4, 0.5) is 26.3 Å². The first-order chi connectivity index (χ1) is 19.3. The average Bonchev–Trinajstić information content (AvgIpc) is 3.47. The summed E-state index contributed by atoms with van der Waals surface area (Å²) in [6.07, 6.45) is -7.91. The third kappa shape index (κ3) is 4.49. The van der Waals surface area contributed by atoms with E-state index in [1.54, 1.807) is 0 Å². The van der Waals surface area contributed by atoms with Gasteiger partial charge in [0.2, 0.25) is 0 Å². The van der Waals surface area contributed by atoms with Crippen molar-refractivity contribution >= 4 is 0 Å². The highest BCUT2D eigenvalue weighted by molar-refractivity contribution is 5.35. The van der Waals surface area contributed by atoms with E-state index in [9.17, 15) is 26.3 Å². The molecule has 8 heteroatoms. The van der Waals surface area contributed by atoms with Crippen molar-refractivity contribution in [1.82, 2.24) is 0 Å². The van der Waals surface area contributed by atoms with Crippen molar-refractivity contribution in [3.05, 3.63) is 107 Å². The summed E-state index contributed by atoms with van der Waals surface area (Å²) in [6.45, 7) is 6.02. The average molecular weight is 575 g/mol. The SMILES string of the molecule is C[C@@H]1C[N+]2(Cc3cc(C(F)(F)F)cc(C(F)(F)F)c3)C[C@](OCc3ccccc3)(c3ccccc3)[C@H]3CC[C@@H]1[C@]32C. The molecule has 1 aliphatic carbocycles. The minimum atomic E-state index is -4.88. The van der Waals surface area contributed by atoms with E-state index >= 15 is 0 Å². The lowest BCUT2D eigenvalue weighted by atomic mass is 9.73. The van der Waals surface area contributed by atoms with Crippen LogP contribution in [0.5, 0.6) is 0 Å². The number of quaternary nitrogens is 1. The Morgan fingerprint density at radius 2 is 1.39 bits per heavy atom. The van der Waals surface area contributed by atoms with Gasteiger partial charge in [-0.05, 0) is 49.1 Å². The van der Waals surface area contributed by atoms with Crippen LogP contribution in [0, 0.1) is 17.8 Å². The Bertz CT molecular complexity index is 1370. The first kappa shape index (κ1) is 28.3. The van der Waals surface area contributed by atoms with Gasteiger partial charge in [0, 0.05) is 17.4 Å². The molecular weight excluding hydrogens is 540 g/mol. The standard InChI is InChI=1S/C33H34F6NO/c1-22-18-40(19-24-15-26(32(34,35)36)17-27(16-24)33(37,38)39)21-31(25-11-7-4-8-12-25,29-14-13-28(22)30(29,40)2)41-20-23-9-5-3-6-10-23/h3-12,15-17,22,28-29H,13-14,18-21H2,1-2H3/q+1/t22-,28+,29+,30-,31+,40?/m1/s1. The molecule has 0 amide bonds. The molecule has 3 aliphatic rings. The highest BCUT2D eigenvalue weighted by Gasteiger charge is 2.78. The molecule has 3 fully saturated rings. The molecule has 6 rings (SSSR count). The minimum Gasteiger partial charge on any atom is -0.359 e. The van der Waals surface area contributed by atoms with Crippen molar-refractivity contribution in [2.45, 2.75) is 63.3 Å². The molecule has 0 spiro atoms. The van der Waals surface area contributed by atoms with E-state index in [1.165, 1.54) is 0 Å². The normalized spacial score (nSPS) is 32.8. The summed E-state index contributed by atoms with van der Waals surface area (Å²) in [7, 11) is 0. The first-order valence-electron chi connectivity index (χ1n) is 14.2. The molecule has 3 aromatic carbocycles. The summed E-state index contributed by atoms with van der Waals surface area (Å²) in [6, 6.07) is 21.9. The topological polar surface area (TPSA) is 9.23 Å². The molecule has 2 nitrogen and oxygen atoms in total. The molecule has 0 radical (unpaired) electrons. The molecule has 0 aromatic heterocycles. The number of ether oxygens (including phenoxy) is 1. The Balaban J connectivity index is 1.48. The van der Waals surface area contributed by atoms with Crippen molar-refractivity contribution < 1.29 is 35.6 Å². The van der Waals surface area contributed by atoms with Gasteiger partial charge in [-0.15, -0.1) is 0 Å². The molecule has 41 heavy (non-hydrogen) atoms. The molecule has 1 unspecified atom stereocenters. The van der Waals surface area contributed by atoms with E-state index in [2.05, 4.69) is 26.0 Å². The van der Waals surface area contributed by atoms with E-state index in [-0.39, 0.29) is 29.6 Å². The smallest absolute Gasteiger partial charge is 0.359 e. The van der Waals surface area contributed by atoms with Gasteiger partial charge < -0.3 is 9.22 Å². The fourth-order valence-electron chi connectivity index (χ4n) is 8.89. The van der Waals surface area contributed by atoms with Crippen LogP contribution in [-0.4, -0.2) is 23.1 Å². The minimum absolute atomic E-state index is 0.0592. The Morgan fingerprint density at radius 1 is 0.805 bits per heavy atom. The largest absolute Gasteiger partial charge is 0.416 e. The van der Waals surface area contributed by atoms with Gasteiger partial charge in [-0.2, -0.15) is 26.3 Å². The molecule has 2 aliphatic heterocycles. The molecule has 0 N–H and O–H groups in total. The summed E-state index contributed by atoms with van der Waals surface area (Å²) in [5.74, 6) is 0.649. The van der Waals surface area contributed by atoms with E-state index in [1.807, 2.05) is 48.5 Å². The second-order valence-electron chi connectivity index (χ2n) is 12.5. The van der Waals surface area contributed by atoms with Gasteiger partial charge in [0.05, 0.1) is 30.2 Å². The van der Waals surface area contributed by atoms with Crippen molar-refractivity contribution in [2.24, 2.45) is 17.8 Å². The second kappa shape index (κ2) is 9.60. The summed E-state index contributed by atoms with van der Waals surface area (Å²) >= 11 is 0. The molecule has 3 aromatic rings. The molecule has 218 valence electrons. The summed E-state index contributed by atoms with van der Waals surface area (Å²) in [5.41, 5.74) is -1.51. The lowest BCUT2D eigenvalue weighted by Gasteiger charge is -2.43. The van der Waals surface area contributed by atoms with Crippen molar-refractivity contribution in [2.75, 3.05) is 13.1 Å². The molecule has 1 saturated carbocycles. The van der Waals surface area contributed by atoms with Gasteiger partial charge in [-0.25, -0.2) is 0 Å². The van der Waals surface area contributed by atoms with Crippen LogP contribution in [0.3, 0.4) is 0 Å². The number of hydrogen-bond donors (Lipinski definition) is 0. The molecule has 2 heterocycles. The third-order valence-electron chi connectivity index (χ3n) is 10.4. The number of rotatable bonds is 6. The first-order valence-corrected chi connectivity index (χ1v) is 14.2. The van der Waals surface area contributed by atoms with Crippen molar-refractivity contribution in [1.29, 1.82) is 0 Å². The maximum absolute atomic E-state index is 13.8. The van der Waals surface area contributed by atoms with Gasteiger partial charge in [0.1, 0.15) is 18.6 Å². The summed E-state index contributed by atoms with van der Waals surface area (Å²) in [5, 5.41) is 0. The number of hydrogen-bond acceptors (Lipinski definition) is 1. The molecule has 6 atom stereocenters. The lowest BCUT2D eigenvalue weighted by molar-refractivity contribution is -0.968. The maximum atomic E-state index is 13.8. The van der Waals surface area contributed by atoms with Crippen LogP contribution in [0.2, 0.25) is 0 Å². The monoisotopic (exact) mass is 574 g/mol. The number of benzene rings is 3. The van der Waals surface area contributed by atoms with Gasteiger partial charge in [-0.3, -0.25) is 0 Å². The van der Waals surface area contributed by atoms with Crippen molar-refractivity contribution in [3.63, 3.8) is 0 Å². The summed E-state index contributed by atoms with van der Waals surface area (Å²) < 4.78 is 90.2. The van der Waals surface area contributed by atoms with E-state index in [0.29, 0.717) is 36.0 Å². The van der Waals surface area contributed by atoms with Gasteiger partial charge in [-0.1, -0.05) is 67.6 Å². The quantitative estimate of drug-likeness (QED) is 0.212. The Hall–Kier alpha value is -2.84. The zero-order valence-electron chi connectivity index (χ0n) is 23.1. The predicted octanol–water partition coefficient (Wildman–Crippen LogP) is 8.60. The molecular formula is C33H34F6NO+. The molecule has 0 bridgehead atoms. The van der Waals surface area contributed by atoms with Crippen molar-refractivity contribution in [3.8, 4) is 0 Å². The van der Waals surface area contributed by atoms with Gasteiger partial charge in [0.25, 0.3) is 0 Å². The number of halogens is 6.